The van der Waals surface area contributed by atoms with Crippen LogP contribution in [0.25, 0.3) is 6.08 Å². The maximum Gasteiger partial charge on any atom is 0.340 e. The van der Waals surface area contributed by atoms with E-state index in [1.165, 1.54) is 30.2 Å². The number of esters is 1. The molecule has 0 saturated carbocycles. The van der Waals surface area contributed by atoms with Crippen molar-refractivity contribution in [1.82, 2.24) is 0 Å². The zero-order chi connectivity index (χ0) is 19.6. The highest BCUT2D eigenvalue weighted by Crippen LogP contribution is 2.36. The van der Waals surface area contributed by atoms with Crippen LogP contribution in [0.3, 0.4) is 0 Å². The van der Waals surface area contributed by atoms with Crippen LogP contribution in [0.15, 0.2) is 65.4 Å². The lowest BCUT2D eigenvalue weighted by atomic mass is 10.0. The van der Waals surface area contributed by atoms with E-state index in [9.17, 15) is 14.0 Å². The molecule has 0 N–H and O–H groups in total. The van der Waals surface area contributed by atoms with Crippen molar-refractivity contribution >= 4 is 23.6 Å². The van der Waals surface area contributed by atoms with Crippen LogP contribution >= 0.6 is 0 Å². The van der Waals surface area contributed by atoms with Gasteiger partial charge < -0.3 is 9.47 Å². The third-order valence-corrected chi connectivity index (χ3v) is 4.31. The summed E-state index contributed by atoms with van der Waals surface area (Å²) in [6.07, 6.45) is 1.58. The Morgan fingerprint density at radius 1 is 1.07 bits per heavy atom. The Kier molecular flexibility index (Phi) is 5.07. The minimum Gasteiger partial charge on any atom is -0.497 e. The van der Waals surface area contributed by atoms with E-state index in [1.54, 1.807) is 50.4 Å². The van der Waals surface area contributed by atoms with E-state index in [1.807, 2.05) is 0 Å². The number of amides is 1. The third kappa shape index (κ3) is 3.33. The highest BCUT2D eigenvalue weighted by molar-refractivity contribution is 6.23. The minimum atomic E-state index is -0.653. The largest absolute Gasteiger partial charge is 0.497 e. The van der Waals surface area contributed by atoms with Gasteiger partial charge in [0, 0.05) is 5.70 Å². The van der Waals surface area contributed by atoms with Crippen molar-refractivity contribution in [3.8, 4) is 5.75 Å². The van der Waals surface area contributed by atoms with Gasteiger partial charge in [-0.1, -0.05) is 24.3 Å². The second-order valence-electron chi connectivity index (χ2n) is 5.88. The fourth-order valence-electron chi connectivity index (χ4n) is 2.97. The first-order chi connectivity index (χ1) is 13.0. The molecule has 27 heavy (non-hydrogen) atoms. The highest BCUT2D eigenvalue weighted by atomic mass is 19.1. The summed E-state index contributed by atoms with van der Waals surface area (Å²) in [5, 5.41) is 0. The van der Waals surface area contributed by atoms with Crippen LogP contribution < -0.4 is 9.64 Å². The lowest BCUT2D eigenvalue weighted by molar-refractivity contribution is -0.136. The normalized spacial score (nSPS) is 15.5. The third-order valence-electron chi connectivity index (χ3n) is 4.31. The van der Waals surface area contributed by atoms with E-state index < -0.39 is 17.7 Å². The Morgan fingerprint density at radius 3 is 2.33 bits per heavy atom. The van der Waals surface area contributed by atoms with E-state index in [2.05, 4.69) is 0 Å². The second-order valence-corrected chi connectivity index (χ2v) is 5.88. The standard InChI is InChI=1S/C21H18FNO4/c1-13-19(21(25)27-3)16(12-14-8-10-15(26-2)11-9-14)20(24)23(13)18-7-5-4-6-17(18)22/h4-12H,1-3H3/b16-12-. The molecular weight excluding hydrogens is 349 g/mol. The van der Waals surface area contributed by atoms with Gasteiger partial charge in [-0.2, -0.15) is 0 Å². The van der Waals surface area contributed by atoms with Crippen LogP contribution in [-0.4, -0.2) is 26.1 Å². The predicted octanol–water partition coefficient (Wildman–Crippen LogP) is 3.71. The lowest BCUT2D eigenvalue weighted by Crippen LogP contribution is -2.25. The predicted molar refractivity (Wildman–Crippen MR) is 99.6 cm³/mol. The summed E-state index contributed by atoms with van der Waals surface area (Å²) in [5.74, 6) is -1.03. The quantitative estimate of drug-likeness (QED) is 0.611. The number of para-hydroxylation sites is 1. The zero-order valence-corrected chi connectivity index (χ0v) is 15.2. The van der Waals surface area contributed by atoms with Gasteiger partial charge in [0.15, 0.2) is 0 Å². The maximum absolute atomic E-state index is 14.3. The van der Waals surface area contributed by atoms with Crippen LogP contribution in [0.5, 0.6) is 5.75 Å². The maximum atomic E-state index is 14.3. The topological polar surface area (TPSA) is 55.8 Å². The number of methoxy groups -OCH3 is 2. The summed E-state index contributed by atoms with van der Waals surface area (Å²) >= 11 is 0. The molecule has 0 aliphatic carbocycles. The molecule has 0 atom stereocenters. The number of ether oxygens (including phenoxy) is 2. The number of hydrogen-bond donors (Lipinski definition) is 0. The van der Waals surface area contributed by atoms with Gasteiger partial charge in [-0.05, 0) is 42.8 Å². The number of benzene rings is 2. The van der Waals surface area contributed by atoms with Crippen LogP contribution in [0, 0.1) is 5.82 Å². The van der Waals surface area contributed by atoms with Crippen molar-refractivity contribution in [2.75, 3.05) is 19.1 Å². The Morgan fingerprint density at radius 2 is 1.74 bits per heavy atom. The molecule has 2 aromatic carbocycles. The number of nitrogens with zero attached hydrogens (tertiary/aromatic N) is 1. The summed E-state index contributed by atoms with van der Waals surface area (Å²) in [6, 6.07) is 12.9. The average molecular weight is 367 g/mol. The first-order valence-electron chi connectivity index (χ1n) is 8.22. The molecule has 0 spiro atoms. The molecule has 138 valence electrons. The van der Waals surface area contributed by atoms with E-state index in [4.69, 9.17) is 9.47 Å². The van der Waals surface area contributed by atoms with Crippen molar-refractivity contribution in [3.05, 3.63) is 76.8 Å². The number of allylic oxidation sites excluding steroid dienone is 1. The zero-order valence-electron chi connectivity index (χ0n) is 15.2. The molecule has 0 radical (unpaired) electrons. The Bertz CT molecular complexity index is 960. The smallest absolute Gasteiger partial charge is 0.340 e. The first-order valence-corrected chi connectivity index (χ1v) is 8.22. The van der Waals surface area contributed by atoms with Crippen molar-refractivity contribution in [1.29, 1.82) is 0 Å². The number of halogens is 1. The summed E-state index contributed by atoms with van der Waals surface area (Å²) < 4.78 is 24.2. The first kappa shape index (κ1) is 18.4. The number of carbonyl (C=O) groups is 2. The SMILES string of the molecule is COC(=O)C1=C(C)N(c2ccccc2F)C(=O)/C1=C\c1ccc(OC)cc1. The molecule has 0 aromatic heterocycles. The molecule has 2 aromatic rings. The minimum absolute atomic E-state index is 0.0829. The van der Waals surface area contributed by atoms with Crippen LogP contribution in [0.1, 0.15) is 12.5 Å². The molecule has 0 unspecified atom stereocenters. The summed E-state index contributed by atoms with van der Waals surface area (Å²) in [7, 11) is 2.80. The Balaban J connectivity index is 2.12. The molecule has 0 bridgehead atoms. The molecule has 1 amide bonds. The molecule has 0 saturated heterocycles. The average Bonchev–Trinajstić information content (AvgIpc) is 2.92. The molecule has 3 rings (SSSR count). The van der Waals surface area contributed by atoms with Crippen molar-refractivity contribution < 1.29 is 23.5 Å². The Labute approximate surface area is 156 Å². The lowest BCUT2D eigenvalue weighted by Gasteiger charge is -2.18. The summed E-state index contributed by atoms with van der Waals surface area (Å²) in [4.78, 5) is 26.6. The fourth-order valence-corrected chi connectivity index (χ4v) is 2.97. The summed E-state index contributed by atoms with van der Waals surface area (Å²) in [6.45, 7) is 1.59. The van der Waals surface area contributed by atoms with Crippen molar-refractivity contribution in [2.24, 2.45) is 0 Å². The second kappa shape index (κ2) is 7.45. The van der Waals surface area contributed by atoms with Crippen LogP contribution in [-0.2, 0) is 14.3 Å². The molecular formula is C21H18FNO4. The van der Waals surface area contributed by atoms with Gasteiger partial charge in [0.2, 0.25) is 0 Å². The van der Waals surface area contributed by atoms with Gasteiger partial charge in [0.1, 0.15) is 11.6 Å². The molecule has 1 aliphatic rings. The van der Waals surface area contributed by atoms with E-state index in [0.717, 1.165) is 0 Å². The Hall–Kier alpha value is -3.41. The van der Waals surface area contributed by atoms with Crippen LogP contribution in [0.4, 0.5) is 10.1 Å². The number of carbonyl (C=O) groups excluding carboxylic acids is 2. The monoisotopic (exact) mass is 367 g/mol. The van der Waals surface area contributed by atoms with Gasteiger partial charge in [0.25, 0.3) is 5.91 Å². The molecule has 5 nitrogen and oxygen atoms in total. The fraction of sp³-hybridized carbons (Fsp3) is 0.143. The van der Waals surface area contributed by atoms with Crippen LogP contribution in [0.2, 0.25) is 0 Å². The van der Waals surface area contributed by atoms with Gasteiger partial charge in [-0.3, -0.25) is 9.69 Å². The number of rotatable bonds is 4. The summed E-state index contributed by atoms with van der Waals surface area (Å²) in [5.41, 5.74) is 1.36. The van der Waals surface area contributed by atoms with Crippen molar-refractivity contribution in [3.63, 3.8) is 0 Å². The number of anilines is 1. The molecule has 6 heteroatoms. The van der Waals surface area contributed by atoms with Gasteiger partial charge in [0.05, 0.1) is 31.1 Å². The van der Waals surface area contributed by atoms with Gasteiger partial charge in [-0.25, -0.2) is 9.18 Å². The van der Waals surface area contributed by atoms with Gasteiger partial charge in [-0.15, -0.1) is 0 Å². The number of hydrogen-bond acceptors (Lipinski definition) is 4. The van der Waals surface area contributed by atoms with Gasteiger partial charge >= 0.3 is 5.97 Å². The van der Waals surface area contributed by atoms with E-state index in [0.29, 0.717) is 17.0 Å². The molecule has 0 fully saturated rings. The molecule has 1 aliphatic heterocycles. The van der Waals surface area contributed by atoms with E-state index in [-0.39, 0.29) is 16.8 Å². The van der Waals surface area contributed by atoms with Crippen molar-refractivity contribution in [2.45, 2.75) is 6.92 Å². The molecule has 1 heterocycles. The highest BCUT2D eigenvalue weighted by Gasteiger charge is 2.38. The van der Waals surface area contributed by atoms with E-state index >= 15 is 0 Å².